The maximum atomic E-state index is 12.9. The van der Waals surface area contributed by atoms with Gasteiger partial charge in [0.1, 0.15) is 24.6 Å². The molecule has 3 N–H and O–H groups in total. The van der Waals surface area contributed by atoms with Gasteiger partial charge in [-0.25, -0.2) is 18.2 Å². The van der Waals surface area contributed by atoms with Crippen molar-refractivity contribution in [2.75, 3.05) is 17.9 Å². The number of carboxylic acids is 1. The number of rotatable bonds is 7. The highest BCUT2D eigenvalue weighted by molar-refractivity contribution is 7.92. The van der Waals surface area contributed by atoms with Crippen molar-refractivity contribution in [2.24, 2.45) is 0 Å². The molecular formula is C20H21N3O6S. The first kappa shape index (κ1) is 20.0. The number of aromatic carboxylic acids is 1. The Morgan fingerprint density at radius 1 is 1.23 bits per heavy atom. The van der Waals surface area contributed by atoms with Gasteiger partial charge in [0.25, 0.3) is 10.0 Å². The molecular weight excluding hydrogens is 410 g/mol. The Bertz CT molecular complexity index is 1220. The van der Waals surface area contributed by atoms with Gasteiger partial charge in [0, 0.05) is 12.5 Å². The second kappa shape index (κ2) is 7.86. The lowest BCUT2D eigenvalue weighted by molar-refractivity contribution is 0.0685. The summed E-state index contributed by atoms with van der Waals surface area (Å²) in [5.41, 5.74) is 1.53. The van der Waals surface area contributed by atoms with Gasteiger partial charge in [0.05, 0.1) is 21.6 Å². The predicted octanol–water partition coefficient (Wildman–Crippen LogP) is 3.18. The van der Waals surface area contributed by atoms with Crippen molar-refractivity contribution in [1.82, 2.24) is 9.97 Å². The number of ether oxygens (including phenoxy) is 2. The van der Waals surface area contributed by atoms with E-state index in [1.807, 2.05) is 0 Å². The van der Waals surface area contributed by atoms with E-state index < -0.39 is 16.0 Å². The van der Waals surface area contributed by atoms with Crippen LogP contribution in [0.3, 0.4) is 0 Å². The first-order chi connectivity index (χ1) is 14.4. The van der Waals surface area contributed by atoms with Crippen LogP contribution in [0.1, 0.15) is 35.9 Å². The van der Waals surface area contributed by atoms with Gasteiger partial charge in [-0.1, -0.05) is 13.3 Å². The van der Waals surface area contributed by atoms with Crippen LogP contribution in [0, 0.1) is 0 Å². The van der Waals surface area contributed by atoms with Crippen LogP contribution < -0.4 is 14.2 Å². The van der Waals surface area contributed by atoms with E-state index in [1.165, 1.54) is 6.07 Å². The minimum Gasteiger partial charge on any atom is -0.486 e. The number of carboxylic acid groups (broad SMARTS) is 1. The molecule has 30 heavy (non-hydrogen) atoms. The van der Waals surface area contributed by atoms with E-state index in [0.29, 0.717) is 5.69 Å². The first-order valence-corrected chi connectivity index (χ1v) is 11.0. The molecule has 2 heterocycles. The molecule has 10 heteroatoms. The Morgan fingerprint density at radius 2 is 2.03 bits per heavy atom. The van der Waals surface area contributed by atoms with Gasteiger partial charge in [0.15, 0.2) is 11.5 Å². The Hall–Kier alpha value is -3.27. The van der Waals surface area contributed by atoms with Gasteiger partial charge in [0.2, 0.25) is 0 Å². The van der Waals surface area contributed by atoms with Crippen LogP contribution in [0.2, 0.25) is 0 Å². The molecule has 0 unspecified atom stereocenters. The minimum absolute atomic E-state index is 0.0335. The lowest BCUT2D eigenvalue weighted by Crippen LogP contribution is -2.20. The summed E-state index contributed by atoms with van der Waals surface area (Å²) in [5, 5.41) is 9.44. The Kier molecular flexibility index (Phi) is 5.25. The Labute approximate surface area is 173 Å². The number of benzene rings is 2. The zero-order valence-corrected chi connectivity index (χ0v) is 17.1. The van der Waals surface area contributed by atoms with Gasteiger partial charge >= 0.3 is 5.97 Å². The van der Waals surface area contributed by atoms with Gasteiger partial charge in [-0.2, -0.15) is 0 Å². The van der Waals surface area contributed by atoms with Crippen LogP contribution in [0.15, 0.2) is 35.2 Å². The van der Waals surface area contributed by atoms with Crippen LogP contribution in [-0.2, 0) is 16.4 Å². The third kappa shape index (κ3) is 3.90. The zero-order valence-electron chi connectivity index (χ0n) is 16.3. The summed E-state index contributed by atoms with van der Waals surface area (Å²) in [6.07, 6.45) is 2.88. The highest BCUT2D eigenvalue weighted by atomic mass is 32.2. The number of unbranched alkanes of at least 4 members (excludes halogenated alkanes) is 1. The topological polar surface area (TPSA) is 131 Å². The fourth-order valence-corrected chi connectivity index (χ4v) is 4.34. The maximum Gasteiger partial charge on any atom is 0.339 e. The number of aromatic amines is 1. The largest absolute Gasteiger partial charge is 0.486 e. The number of carbonyl (C=O) groups is 1. The van der Waals surface area contributed by atoms with E-state index in [9.17, 15) is 18.3 Å². The molecule has 3 aromatic rings. The van der Waals surface area contributed by atoms with Crippen molar-refractivity contribution in [1.29, 1.82) is 0 Å². The van der Waals surface area contributed by atoms with Crippen LogP contribution in [-0.4, -0.2) is 42.7 Å². The smallest absolute Gasteiger partial charge is 0.339 e. The highest BCUT2D eigenvalue weighted by Crippen LogP contribution is 2.37. The Morgan fingerprint density at radius 3 is 2.80 bits per heavy atom. The second-order valence-corrected chi connectivity index (χ2v) is 8.61. The number of aryl methyl sites for hydroxylation is 1. The lowest BCUT2D eigenvalue weighted by atomic mass is 10.2. The van der Waals surface area contributed by atoms with E-state index in [2.05, 4.69) is 21.6 Å². The molecule has 0 amide bonds. The van der Waals surface area contributed by atoms with Crippen molar-refractivity contribution in [3.63, 3.8) is 0 Å². The van der Waals surface area contributed by atoms with Crippen LogP contribution in [0.5, 0.6) is 11.5 Å². The predicted molar refractivity (Wildman–Crippen MR) is 110 cm³/mol. The zero-order chi connectivity index (χ0) is 21.3. The monoisotopic (exact) mass is 431 g/mol. The number of nitrogens with zero attached hydrogens (tertiary/aromatic N) is 1. The number of hydrogen-bond acceptors (Lipinski definition) is 6. The molecule has 2 aromatic carbocycles. The summed E-state index contributed by atoms with van der Waals surface area (Å²) in [7, 11) is -4.06. The standard InChI is InChI=1S/C20H21N3O6S/c1-2-3-4-18-21-15-6-5-12(9-16(15)22-18)23-30(26,27)13-10-14(20(24)25)19-17(11-13)28-7-8-29-19/h5-6,9-11,23H,2-4,7-8H2,1H3,(H,21,22)(H,24,25). The van der Waals surface area contributed by atoms with Gasteiger partial charge < -0.3 is 19.6 Å². The van der Waals surface area contributed by atoms with E-state index in [1.54, 1.807) is 18.2 Å². The van der Waals surface area contributed by atoms with Gasteiger partial charge in [-0.15, -0.1) is 0 Å². The molecule has 1 aromatic heterocycles. The molecule has 0 radical (unpaired) electrons. The van der Waals surface area contributed by atoms with Gasteiger partial charge in [-0.3, -0.25) is 4.72 Å². The molecule has 158 valence electrons. The third-order valence-electron chi connectivity index (χ3n) is 4.71. The molecule has 1 aliphatic rings. The summed E-state index contributed by atoms with van der Waals surface area (Å²) < 4.78 is 39.1. The van der Waals surface area contributed by atoms with E-state index in [0.717, 1.165) is 42.2 Å². The number of H-pyrrole nitrogens is 1. The molecule has 0 bridgehead atoms. The number of imidazole rings is 1. The molecule has 0 aliphatic carbocycles. The highest BCUT2D eigenvalue weighted by Gasteiger charge is 2.26. The number of sulfonamides is 1. The summed E-state index contributed by atoms with van der Waals surface area (Å²) in [6, 6.07) is 7.33. The molecule has 1 aliphatic heterocycles. The average Bonchev–Trinajstić information content (AvgIpc) is 3.13. The number of aromatic nitrogens is 2. The molecule has 4 rings (SSSR count). The van der Waals surface area contributed by atoms with Crippen molar-refractivity contribution >= 4 is 32.7 Å². The molecule has 0 saturated carbocycles. The molecule has 9 nitrogen and oxygen atoms in total. The number of fused-ring (bicyclic) bond motifs is 2. The summed E-state index contributed by atoms with van der Waals surface area (Å²) in [6.45, 7) is 2.51. The van der Waals surface area contributed by atoms with E-state index >= 15 is 0 Å². The third-order valence-corrected chi connectivity index (χ3v) is 6.07. The SMILES string of the molecule is CCCCc1nc2ccc(NS(=O)(=O)c3cc4c(c(C(=O)O)c3)OCCO4)cc2[nH]1. The minimum atomic E-state index is -4.06. The van der Waals surface area contributed by atoms with Crippen LogP contribution >= 0.6 is 0 Å². The fraction of sp³-hybridized carbons (Fsp3) is 0.300. The lowest BCUT2D eigenvalue weighted by Gasteiger charge is -2.21. The van der Waals surface area contributed by atoms with Crippen molar-refractivity contribution < 1.29 is 27.8 Å². The normalized spacial score (nSPS) is 13.4. The molecule has 0 atom stereocenters. The summed E-state index contributed by atoms with van der Waals surface area (Å²) in [4.78, 5) is 19.0. The summed E-state index contributed by atoms with van der Waals surface area (Å²) in [5.74, 6) is -0.325. The molecule has 0 saturated heterocycles. The Balaban J connectivity index is 1.66. The van der Waals surface area contributed by atoms with Crippen molar-refractivity contribution in [3.05, 3.63) is 41.7 Å². The van der Waals surface area contributed by atoms with Crippen LogP contribution in [0.25, 0.3) is 11.0 Å². The van der Waals surface area contributed by atoms with E-state index in [4.69, 9.17) is 9.47 Å². The average molecular weight is 431 g/mol. The maximum absolute atomic E-state index is 12.9. The van der Waals surface area contributed by atoms with Gasteiger partial charge in [-0.05, 0) is 30.7 Å². The fourth-order valence-electron chi connectivity index (χ4n) is 3.25. The molecule has 0 spiro atoms. The number of nitrogens with one attached hydrogen (secondary N) is 2. The molecule has 0 fully saturated rings. The number of anilines is 1. The number of hydrogen-bond donors (Lipinski definition) is 3. The van der Waals surface area contributed by atoms with Crippen LogP contribution in [0.4, 0.5) is 5.69 Å². The van der Waals surface area contributed by atoms with Crippen molar-refractivity contribution in [2.45, 2.75) is 31.1 Å². The summed E-state index contributed by atoms with van der Waals surface area (Å²) >= 11 is 0. The quantitative estimate of drug-likeness (QED) is 0.524. The van der Waals surface area contributed by atoms with Crippen molar-refractivity contribution in [3.8, 4) is 11.5 Å². The van der Waals surface area contributed by atoms with E-state index in [-0.39, 0.29) is 35.2 Å². The second-order valence-electron chi connectivity index (χ2n) is 6.92. The first-order valence-electron chi connectivity index (χ1n) is 9.56.